The molecule has 4 aromatic rings. The molecule has 1 aliphatic heterocycles. The van der Waals surface area contributed by atoms with Crippen molar-refractivity contribution in [2.45, 2.75) is 19.4 Å². The van der Waals surface area contributed by atoms with Crippen LogP contribution in [0.4, 0.5) is 0 Å². The summed E-state index contributed by atoms with van der Waals surface area (Å²) in [6.07, 6.45) is 0.630. The van der Waals surface area contributed by atoms with Crippen molar-refractivity contribution in [3.63, 3.8) is 0 Å². The standard InChI is InChI=1S/C28H25NO5/c1-3-33-21-14-10-19(11-15-21)25-24-26(30)22-6-4-5-7-23(22)34-27(24)28(31)29(25)17-16-18-8-12-20(32-2)13-9-18/h4-15,25H,3,16-17H2,1-2H3/t25-/m1/s1. The highest BCUT2D eigenvalue weighted by atomic mass is 16.5. The molecule has 0 saturated carbocycles. The first-order chi connectivity index (χ1) is 16.6. The summed E-state index contributed by atoms with van der Waals surface area (Å²) in [5.41, 5.74) is 2.55. The number of carbonyl (C=O) groups excluding carboxylic acids is 1. The predicted octanol–water partition coefficient (Wildman–Crippen LogP) is 4.99. The molecule has 0 radical (unpaired) electrons. The normalized spacial score (nSPS) is 14.9. The van der Waals surface area contributed by atoms with Crippen molar-refractivity contribution < 1.29 is 18.7 Å². The van der Waals surface area contributed by atoms with E-state index in [1.807, 2.05) is 55.5 Å². The fraction of sp³-hybridized carbons (Fsp3) is 0.214. The summed E-state index contributed by atoms with van der Waals surface area (Å²) in [6.45, 7) is 2.92. The van der Waals surface area contributed by atoms with Gasteiger partial charge in [0.05, 0.1) is 30.7 Å². The summed E-state index contributed by atoms with van der Waals surface area (Å²) in [5.74, 6) is 1.37. The van der Waals surface area contributed by atoms with Crippen LogP contribution in [0.3, 0.4) is 0 Å². The lowest BCUT2D eigenvalue weighted by Crippen LogP contribution is -2.31. The average molecular weight is 456 g/mol. The van der Waals surface area contributed by atoms with E-state index < -0.39 is 6.04 Å². The van der Waals surface area contributed by atoms with Crippen LogP contribution in [0, 0.1) is 0 Å². The minimum Gasteiger partial charge on any atom is -0.497 e. The Labute approximate surface area is 197 Å². The molecule has 6 nitrogen and oxygen atoms in total. The predicted molar refractivity (Wildman–Crippen MR) is 130 cm³/mol. The van der Waals surface area contributed by atoms with Crippen molar-refractivity contribution in [3.05, 3.63) is 105 Å². The van der Waals surface area contributed by atoms with Crippen LogP contribution in [-0.2, 0) is 6.42 Å². The topological polar surface area (TPSA) is 69.0 Å². The summed E-state index contributed by atoms with van der Waals surface area (Å²) in [7, 11) is 1.63. The number of benzene rings is 3. The largest absolute Gasteiger partial charge is 0.497 e. The van der Waals surface area contributed by atoms with Crippen molar-refractivity contribution in [1.29, 1.82) is 0 Å². The lowest BCUT2D eigenvalue weighted by atomic mass is 9.98. The molecular formula is C28H25NO5. The van der Waals surface area contributed by atoms with Crippen molar-refractivity contribution in [2.24, 2.45) is 0 Å². The second-order valence-electron chi connectivity index (χ2n) is 8.17. The SMILES string of the molecule is CCOc1ccc([C@@H]2c3c(oc4ccccc4c3=O)C(=O)N2CCc2ccc(OC)cc2)cc1. The van der Waals surface area contributed by atoms with E-state index in [1.54, 1.807) is 36.3 Å². The second-order valence-corrected chi connectivity index (χ2v) is 8.17. The van der Waals surface area contributed by atoms with Gasteiger partial charge in [0.2, 0.25) is 5.76 Å². The van der Waals surface area contributed by atoms with Crippen LogP contribution in [-0.4, -0.2) is 31.1 Å². The van der Waals surface area contributed by atoms with Gasteiger partial charge >= 0.3 is 0 Å². The molecule has 0 spiro atoms. The third-order valence-electron chi connectivity index (χ3n) is 6.18. The molecular weight excluding hydrogens is 430 g/mol. The van der Waals surface area contributed by atoms with Crippen molar-refractivity contribution in [1.82, 2.24) is 4.90 Å². The smallest absolute Gasteiger partial charge is 0.290 e. The van der Waals surface area contributed by atoms with Gasteiger partial charge in [-0.25, -0.2) is 0 Å². The number of ether oxygens (including phenoxy) is 2. The molecule has 0 bridgehead atoms. The molecule has 0 unspecified atom stereocenters. The van der Waals surface area contributed by atoms with E-state index in [1.165, 1.54) is 0 Å². The highest BCUT2D eigenvalue weighted by Gasteiger charge is 2.42. The molecule has 3 aromatic carbocycles. The van der Waals surface area contributed by atoms with Gasteiger partial charge in [0.1, 0.15) is 17.1 Å². The molecule has 1 amide bonds. The van der Waals surface area contributed by atoms with E-state index in [9.17, 15) is 9.59 Å². The Kier molecular flexibility index (Phi) is 5.80. The Balaban J connectivity index is 1.56. The number of methoxy groups -OCH3 is 1. The van der Waals surface area contributed by atoms with Crippen LogP contribution >= 0.6 is 0 Å². The van der Waals surface area contributed by atoms with Gasteiger partial charge < -0.3 is 18.8 Å². The molecule has 5 rings (SSSR count). The van der Waals surface area contributed by atoms with Crippen molar-refractivity contribution in [3.8, 4) is 11.5 Å². The molecule has 0 saturated heterocycles. The van der Waals surface area contributed by atoms with E-state index in [-0.39, 0.29) is 17.1 Å². The van der Waals surface area contributed by atoms with Gasteiger partial charge in [-0.15, -0.1) is 0 Å². The zero-order valence-corrected chi connectivity index (χ0v) is 19.1. The van der Waals surface area contributed by atoms with E-state index >= 15 is 0 Å². The second kappa shape index (κ2) is 9.06. The molecule has 0 N–H and O–H groups in total. The van der Waals surface area contributed by atoms with Gasteiger partial charge in [-0.05, 0) is 60.9 Å². The number of hydrogen-bond donors (Lipinski definition) is 0. The van der Waals surface area contributed by atoms with Gasteiger partial charge in [-0.3, -0.25) is 9.59 Å². The maximum absolute atomic E-state index is 13.5. The fourth-order valence-electron chi connectivity index (χ4n) is 4.50. The monoisotopic (exact) mass is 455 g/mol. The molecule has 172 valence electrons. The van der Waals surface area contributed by atoms with Crippen molar-refractivity contribution >= 4 is 16.9 Å². The molecule has 6 heteroatoms. The minimum absolute atomic E-state index is 0.123. The number of rotatable bonds is 7. The minimum atomic E-state index is -0.530. The van der Waals surface area contributed by atoms with Crippen LogP contribution in [0.15, 0.2) is 82.0 Å². The molecule has 1 aromatic heterocycles. The Hall–Kier alpha value is -4.06. The third kappa shape index (κ3) is 3.81. The van der Waals surface area contributed by atoms with E-state index in [0.717, 1.165) is 22.6 Å². The quantitative estimate of drug-likeness (QED) is 0.393. The van der Waals surface area contributed by atoms with E-state index in [2.05, 4.69) is 0 Å². The lowest BCUT2D eigenvalue weighted by molar-refractivity contribution is 0.0730. The fourth-order valence-corrected chi connectivity index (χ4v) is 4.50. The molecule has 0 aliphatic carbocycles. The number of para-hydroxylation sites is 1. The average Bonchev–Trinajstić information content (AvgIpc) is 3.15. The summed E-state index contributed by atoms with van der Waals surface area (Å²) in [5, 5.41) is 0.474. The van der Waals surface area contributed by atoms with Crippen molar-refractivity contribution in [2.75, 3.05) is 20.3 Å². The molecule has 1 aliphatic rings. The van der Waals surface area contributed by atoms with Gasteiger partial charge in [-0.2, -0.15) is 0 Å². The van der Waals surface area contributed by atoms with Crippen LogP contribution in [0.5, 0.6) is 11.5 Å². The molecule has 2 heterocycles. The lowest BCUT2D eigenvalue weighted by Gasteiger charge is -2.25. The number of amides is 1. The zero-order valence-electron chi connectivity index (χ0n) is 19.1. The first-order valence-corrected chi connectivity index (χ1v) is 11.3. The van der Waals surface area contributed by atoms with Gasteiger partial charge in [0.15, 0.2) is 5.43 Å². The third-order valence-corrected chi connectivity index (χ3v) is 6.18. The Morgan fingerprint density at radius 2 is 1.62 bits per heavy atom. The molecule has 34 heavy (non-hydrogen) atoms. The first kappa shape index (κ1) is 21.8. The van der Waals surface area contributed by atoms with Crippen LogP contribution in [0.1, 0.15) is 40.2 Å². The van der Waals surface area contributed by atoms with Crippen LogP contribution < -0.4 is 14.9 Å². The summed E-state index contributed by atoms with van der Waals surface area (Å²) in [4.78, 5) is 28.8. The van der Waals surface area contributed by atoms with Crippen LogP contribution in [0.2, 0.25) is 0 Å². The first-order valence-electron chi connectivity index (χ1n) is 11.3. The Morgan fingerprint density at radius 3 is 2.32 bits per heavy atom. The molecule has 1 atom stereocenters. The molecule has 0 fully saturated rings. The summed E-state index contributed by atoms with van der Waals surface area (Å²) in [6, 6.07) is 21.8. The van der Waals surface area contributed by atoms with Gasteiger partial charge in [0, 0.05) is 6.54 Å². The van der Waals surface area contributed by atoms with Gasteiger partial charge in [-0.1, -0.05) is 36.4 Å². The maximum atomic E-state index is 13.5. The number of carbonyl (C=O) groups is 1. The maximum Gasteiger partial charge on any atom is 0.290 e. The number of hydrogen-bond acceptors (Lipinski definition) is 5. The number of nitrogens with zero attached hydrogens (tertiary/aromatic N) is 1. The van der Waals surface area contributed by atoms with Crippen LogP contribution in [0.25, 0.3) is 11.0 Å². The number of fused-ring (bicyclic) bond motifs is 2. The van der Waals surface area contributed by atoms with E-state index in [0.29, 0.717) is 36.1 Å². The summed E-state index contributed by atoms with van der Waals surface area (Å²) >= 11 is 0. The van der Waals surface area contributed by atoms with E-state index in [4.69, 9.17) is 13.9 Å². The van der Waals surface area contributed by atoms with Gasteiger partial charge in [0.25, 0.3) is 5.91 Å². The highest BCUT2D eigenvalue weighted by molar-refractivity contribution is 5.99. The summed E-state index contributed by atoms with van der Waals surface area (Å²) < 4.78 is 16.8. The highest BCUT2D eigenvalue weighted by Crippen LogP contribution is 2.38. The zero-order chi connectivity index (χ0) is 23.7. The Bertz CT molecular complexity index is 1390. The Morgan fingerprint density at radius 1 is 0.912 bits per heavy atom.